The smallest absolute Gasteiger partial charge is 0.140 e. The summed E-state index contributed by atoms with van der Waals surface area (Å²) in [7, 11) is 0. The lowest BCUT2D eigenvalue weighted by molar-refractivity contribution is 0.368. The summed E-state index contributed by atoms with van der Waals surface area (Å²) in [5.74, 6) is 1.15. The summed E-state index contributed by atoms with van der Waals surface area (Å²) in [4.78, 5) is 0. The Morgan fingerprint density at radius 2 is 2.18 bits per heavy atom. The molecule has 60 valence electrons. The zero-order valence-electron chi connectivity index (χ0n) is 6.89. The Hall–Kier alpha value is -0.790. The first-order chi connectivity index (χ1) is 5.42. The number of nitrogens with zero attached hydrogens (tertiary/aromatic N) is 1. The van der Waals surface area contributed by atoms with E-state index in [1.807, 2.05) is 0 Å². The highest BCUT2D eigenvalue weighted by Crippen LogP contribution is 2.23. The Labute approximate surface area is 66.6 Å². The fraction of sp³-hybridized carbons (Fsp3) is 0.667. The molecule has 0 atom stereocenters. The van der Waals surface area contributed by atoms with Crippen LogP contribution in [0.2, 0.25) is 0 Å². The monoisotopic (exact) mass is 151 g/mol. The molecular formula is C9H13NO. The van der Waals surface area contributed by atoms with E-state index in [9.17, 15) is 0 Å². The van der Waals surface area contributed by atoms with Gasteiger partial charge in [0, 0.05) is 12.0 Å². The van der Waals surface area contributed by atoms with Crippen LogP contribution in [0, 0.1) is 0 Å². The van der Waals surface area contributed by atoms with Crippen molar-refractivity contribution in [1.29, 1.82) is 0 Å². The molecule has 0 fully saturated rings. The normalized spacial score (nSPS) is 16.5. The standard InChI is InChI=1S/C9H13NO/c1-2-8-7-5-3-4-6-9(7)11-10-8/h2-6H2,1H3. The predicted molar refractivity (Wildman–Crippen MR) is 42.5 cm³/mol. The second-order valence-corrected chi connectivity index (χ2v) is 3.09. The first-order valence-corrected chi connectivity index (χ1v) is 4.38. The SMILES string of the molecule is CCc1noc2c1CCCC2. The molecule has 11 heavy (non-hydrogen) atoms. The molecular weight excluding hydrogens is 138 g/mol. The molecule has 0 saturated heterocycles. The first kappa shape index (κ1) is 6.89. The third kappa shape index (κ3) is 1.06. The number of fused-ring (bicyclic) bond motifs is 1. The third-order valence-corrected chi connectivity index (χ3v) is 2.37. The van der Waals surface area contributed by atoms with Crippen LogP contribution in [0.5, 0.6) is 0 Å². The van der Waals surface area contributed by atoms with Crippen molar-refractivity contribution in [3.63, 3.8) is 0 Å². The molecule has 0 amide bonds. The van der Waals surface area contributed by atoms with E-state index >= 15 is 0 Å². The fourth-order valence-electron chi connectivity index (χ4n) is 1.73. The van der Waals surface area contributed by atoms with Gasteiger partial charge in [-0.25, -0.2) is 0 Å². The molecule has 1 aliphatic carbocycles. The zero-order valence-corrected chi connectivity index (χ0v) is 6.89. The van der Waals surface area contributed by atoms with Crippen LogP contribution in [0.4, 0.5) is 0 Å². The molecule has 1 aromatic heterocycles. The maximum absolute atomic E-state index is 5.23. The highest BCUT2D eigenvalue weighted by atomic mass is 16.5. The molecule has 1 aliphatic rings. The van der Waals surface area contributed by atoms with Crippen LogP contribution < -0.4 is 0 Å². The van der Waals surface area contributed by atoms with Gasteiger partial charge in [0.05, 0.1) is 5.69 Å². The van der Waals surface area contributed by atoms with Crippen LogP contribution in [-0.4, -0.2) is 5.16 Å². The van der Waals surface area contributed by atoms with Gasteiger partial charge in [-0.3, -0.25) is 0 Å². The van der Waals surface area contributed by atoms with Crippen molar-refractivity contribution < 1.29 is 4.52 Å². The number of aromatic nitrogens is 1. The Kier molecular flexibility index (Phi) is 1.68. The van der Waals surface area contributed by atoms with Crippen molar-refractivity contribution in [1.82, 2.24) is 5.16 Å². The van der Waals surface area contributed by atoms with Crippen molar-refractivity contribution in [3.05, 3.63) is 17.0 Å². The van der Waals surface area contributed by atoms with Gasteiger partial charge in [-0.05, 0) is 25.7 Å². The van der Waals surface area contributed by atoms with E-state index < -0.39 is 0 Å². The average molecular weight is 151 g/mol. The first-order valence-electron chi connectivity index (χ1n) is 4.38. The van der Waals surface area contributed by atoms with Gasteiger partial charge in [-0.15, -0.1) is 0 Å². The molecule has 0 aliphatic heterocycles. The Balaban J connectivity index is 2.38. The number of rotatable bonds is 1. The van der Waals surface area contributed by atoms with Crippen LogP contribution in [0.3, 0.4) is 0 Å². The Morgan fingerprint density at radius 3 is 3.00 bits per heavy atom. The van der Waals surface area contributed by atoms with Gasteiger partial charge < -0.3 is 4.52 Å². The molecule has 0 N–H and O–H groups in total. The lowest BCUT2D eigenvalue weighted by atomic mass is 9.96. The summed E-state index contributed by atoms with van der Waals surface area (Å²) < 4.78 is 5.23. The highest BCUT2D eigenvalue weighted by molar-refractivity contribution is 5.25. The van der Waals surface area contributed by atoms with Crippen molar-refractivity contribution in [2.75, 3.05) is 0 Å². The topological polar surface area (TPSA) is 26.0 Å². The summed E-state index contributed by atoms with van der Waals surface area (Å²) in [5, 5.41) is 4.04. The van der Waals surface area contributed by atoms with Crippen LogP contribution in [0.15, 0.2) is 4.52 Å². The summed E-state index contributed by atoms with van der Waals surface area (Å²) >= 11 is 0. The van der Waals surface area contributed by atoms with Gasteiger partial charge in [-0.1, -0.05) is 12.1 Å². The van der Waals surface area contributed by atoms with Gasteiger partial charge in [0.2, 0.25) is 0 Å². The largest absolute Gasteiger partial charge is 0.361 e. The van der Waals surface area contributed by atoms with Crippen molar-refractivity contribution in [2.24, 2.45) is 0 Å². The van der Waals surface area contributed by atoms with E-state index in [4.69, 9.17) is 4.52 Å². The predicted octanol–water partition coefficient (Wildman–Crippen LogP) is 2.12. The molecule has 0 saturated carbocycles. The summed E-state index contributed by atoms with van der Waals surface area (Å²) in [6.45, 7) is 2.13. The van der Waals surface area contributed by atoms with Crippen molar-refractivity contribution in [3.8, 4) is 0 Å². The lowest BCUT2D eigenvalue weighted by Gasteiger charge is -2.07. The lowest BCUT2D eigenvalue weighted by Crippen LogP contribution is -2.00. The van der Waals surface area contributed by atoms with Gasteiger partial charge in [0.1, 0.15) is 5.76 Å². The van der Waals surface area contributed by atoms with E-state index in [1.54, 1.807) is 0 Å². The molecule has 0 bridgehead atoms. The van der Waals surface area contributed by atoms with Gasteiger partial charge in [0.25, 0.3) is 0 Å². The minimum Gasteiger partial charge on any atom is -0.361 e. The Morgan fingerprint density at radius 1 is 1.36 bits per heavy atom. The van der Waals surface area contributed by atoms with E-state index in [0.29, 0.717) is 0 Å². The maximum Gasteiger partial charge on any atom is 0.140 e. The molecule has 1 aromatic rings. The van der Waals surface area contributed by atoms with Crippen LogP contribution >= 0.6 is 0 Å². The molecule has 0 aromatic carbocycles. The second-order valence-electron chi connectivity index (χ2n) is 3.09. The second kappa shape index (κ2) is 2.68. The van der Waals surface area contributed by atoms with Crippen molar-refractivity contribution in [2.45, 2.75) is 39.0 Å². The molecule has 1 heterocycles. The summed E-state index contributed by atoms with van der Waals surface area (Å²) in [6, 6.07) is 0. The maximum atomic E-state index is 5.23. The fourth-order valence-corrected chi connectivity index (χ4v) is 1.73. The number of hydrogen-bond donors (Lipinski definition) is 0. The third-order valence-electron chi connectivity index (χ3n) is 2.37. The number of hydrogen-bond acceptors (Lipinski definition) is 2. The van der Waals surface area contributed by atoms with Gasteiger partial charge >= 0.3 is 0 Å². The minimum atomic E-state index is 1.01. The van der Waals surface area contributed by atoms with Crippen LogP contribution in [-0.2, 0) is 19.3 Å². The van der Waals surface area contributed by atoms with E-state index in [2.05, 4.69) is 12.1 Å². The van der Waals surface area contributed by atoms with E-state index in [1.165, 1.54) is 30.5 Å². The summed E-state index contributed by atoms with van der Waals surface area (Å²) in [5.41, 5.74) is 2.58. The number of aryl methyl sites for hydroxylation is 2. The van der Waals surface area contributed by atoms with Gasteiger partial charge in [-0.2, -0.15) is 0 Å². The zero-order chi connectivity index (χ0) is 7.68. The molecule has 2 nitrogen and oxygen atoms in total. The Bertz CT molecular complexity index is 239. The van der Waals surface area contributed by atoms with Crippen molar-refractivity contribution >= 4 is 0 Å². The molecule has 2 rings (SSSR count). The highest BCUT2D eigenvalue weighted by Gasteiger charge is 2.17. The molecule has 0 unspecified atom stereocenters. The molecule has 2 heteroatoms. The van der Waals surface area contributed by atoms with E-state index in [0.717, 1.165) is 18.6 Å². The van der Waals surface area contributed by atoms with Gasteiger partial charge in [0.15, 0.2) is 0 Å². The molecule has 0 spiro atoms. The average Bonchev–Trinajstić information content (AvgIpc) is 2.47. The van der Waals surface area contributed by atoms with Crippen LogP contribution in [0.25, 0.3) is 0 Å². The quantitative estimate of drug-likeness (QED) is 0.614. The minimum absolute atomic E-state index is 1.01. The van der Waals surface area contributed by atoms with E-state index in [-0.39, 0.29) is 0 Å². The molecule has 0 radical (unpaired) electrons. The van der Waals surface area contributed by atoms with Crippen LogP contribution in [0.1, 0.15) is 36.8 Å². The summed E-state index contributed by atoms with van der Waals surface area (Å²) in [6.07, 6.45) is 5.87.